The number of carboxylic acid groups (broad SMARTS) is 1. The standard InChI is InChI=1S/C15H20N2O3/c16-15(9-4-10-15)14(20)17-12(13(18)19)8-7-11-5-2-1-3-6-11/h1-3,5-6,12H,4,7-10,16H2,(H,17,20)(H,18,19)/t12-/m0/s1. The van der Waals surface area contributed by atoms with Crippen molar-refractivity contribution in [3.8, 4) is 0 Å². The number of carbonyl (C=O) groups is 2. The Bertz CT molecular complexity index is 483. The lowest BCUT2D eigenvalue weighted by molar-refractivity contribution is -0.143. The lowest BCUT2D eigenvalue weighted by Crippen LogP contribution is -2.61. The highest BCUT2D eigenvalue weighted by Gasteiger charge is 2.41. The van der Waals surface area contributed by atoms with Crippen LogP contribution in [0.4, 0.5) is 0 Å². The summed E-state index contributed by atoms with van der Waals surface area (Å²) < 4.78 is 0. The summed E-state index contributed by atoms with van der Waals surface area (Å²) in [5.41, 5.74) is 6.09. The number of hydrogen-bond donors (Lipinski definition) is 3. The van der Waals surface area contributed by atoms with Gasteiger partial charge in [0.25, 0.3) is 0 Å². The molecule has 4 N–H and O–H groups in total. The van der Waals surface area contributed by atoms with Gasteiger partial charge >= 0.3 is 5.97 Å². The van der Waals surface area contributed by atoms with E-state index < -0.39 is 17.6 Å². The first kappa shape index (κ1) is 14.5. The molecule has 0 aromatic heterocycles. The Morgan fingerprint density at radius 1 is 1.30 bits per heavy atom. The van der Waals surface area contributed by atoms with Gasteiger partial charge in [-0.05, 0) is 37.7 Å². The van der Waals surface area contributed by atoms with Crippen LogP contribution in [0, 0.1) is 0 Å². The van der Waals surface area contributed by atoms with E-state index in [0.717, 1.165) is 12.0 Å². The number of rotatable bonds is 6. The van der Waals surface area contributed by atoms with Crippen LogP contribution in [-0.2, 0) is 16.0 Å². The Morgan fingerprint density at radius 3 is 2.45 bits per heavy atom. The minimum atomic E-state index is -1.02. The summed E-state index contributed by atoms with van der Waals surface area (Å²) >= 11 is 0. The number of hydrogen-bond acceptors (Lipinski definition) is 3. The van der Waals surface area contributed by atoms with Crippen LogP contribution in [0.1, 0.15) is 31.2 Å². The van der Waals surface area contributed by atoms with Crippen molar-refractivity contribution < 1.29 is 14.7 Å². The minimum absolute atomic E-state index is 0.343. The van der Waals surface area contributed by atoms with E-state index >= 15 is 0 Å². The highest BCUT2D eigenvalue weighted by molar-refractivity contribution is 5.90. The molecule has 2 rings (SSSR count). The van der Waals surface area contributed by atoms with Crippen molar-refractivity contribution in [3.05, 3.63) is 35.9 Å². The Balaban J connectivity index is 1.90. The molecular formula is C15H20N2O3. The number of carboxylic acids is 1. The molecule has 1 aromatic rings. The third kappa shape index (κ3) is 3.36. The fraction of sp³-hybridized carbons (Fsp3) is 0.467. The second-order valence-electron chi connectivity index (χ2n) is 5.40. The van der Waals surface area contributed by atoms with Crippen LogP contribution < -0.4 is 11.1 Å². The maximum atomic E-state index is 12.0. The van der Waals surface area contributed by atoms with Crippen LogP contribution in [0.2, 0.25) is 0 Å². The molecule has 0 bridgehead atoms. The van der Waals surface area contributed by atoms with Crippen LogP contribution in [0.3, 0.4) is 0 Å². The SMILES string of the molecule is NC1(C(=O)N[C@@H](CCc2ccccc2)C(=O)O)CCC1. The summed E-state index contributed by atoms with van der Waals surface area (Å²) in [6.07, 6.45) is 3.15. The predicted molar refractivity (Wildman–Crippen MR) is 75.1 cm³/mol. The van der Waals surface area contributed by atoms with Gasteiger partial charge in [0.15, 0.2) is 0 Å². The van der Waals surface area contributed by atoms with E-state index in [2.05, 4.69) is 5.32 Å². The van der Waals surface area contributed by atoms with Gasteiger partial charge in [-0.2, -0.15) is 0 Å². The van der Waals surface area contributed by atoms with Crippen molar-refractivity contribution in [1.29, 1.82) is 0 Å². The van der Waals surface area contributed by atoms with Crippen LogP contribution in [0.25, 0.3) is 0 Å². The molecule has 0 aliphatic heterocycles. The summed E-state index contributed by atoms with van der Waals surface area (Å²) in [7, 11) is 0. The predicted octanol–water partition coefficient (Wildman–Crippen LogP) is 1.07. The molecular weight excluding hydrogens is 256 g/mol. The summed E-state index contributed by atoms with van der Waals surface area (Å²) in [5.74, 6) is -1.36. The molecule has 0 radical (unpaired) electrons. The fourth-order valence-electron chi connectivity index (χ4n) is 2.30. The van der Waals surface area contributed by atoms with Gasteiger partial charge in [0, 0.05) is 0 Å². The normalized spacial score (nSPS) is 17.9. The van der Waals surface area contributed by atoms with Gasteiger partial charge in [-0.1, -0.05) is 30.3 Å². The van der Waals surface area contributed by atoms with Gasteiger partial charge < -0.3 is 16.2 Å². The first-order chi connectivity index (χ1) is 9.51. The van der Waals surface area contributed by atoms with Gasteiger partial charge in [0.1, 0.15) is 6.04 Å². The number of nitrogens with two attached hydrogens (primary N) is 1. The molecule has 1 saturated carbocycles. The lowest BCUT2D eigenvalue weighted by atomic mass is 9.77. The third-order valence-electron chi connectivity index (χ3n) is 3.87. The van der Waals surface area contributed by atoms with Crippen molar-refractivity contribution >= 4 is 11.9 Å². The summed E-state index contributed by atoms with van der Waals surface area (Å²) in [4.78, 5) is 23.2. The van der Waals surface area contributed by atoms with E-state index in [1.807, 2.05) is 30.3 Å². The van der Waals surface area contributed by atoms with E-state index in [1.54, 1.807) is 0 Å². The van der Waals surface area contributed by atoms with Crippen molar-refractivity contribution in [2.24, 2.45) is 5.73 Å². The van der Waals surface area contributed by atoms with Crippen molar-refractivity contribution in [2.45, 2.75) is 43.7 Å². The molecule has 0 saturated heterocycles. The lowest BCUT2D eigenvalue weighted by Gasteiger charge is -2.37. The van der Waals surface area contributed by atoms with Gasteiger partial charge in [0.05, 0.1) is 5.54 Å². The van der Waals surface area contributed by atoms with Crippen molar-refractivity contribution in [2.75, 3.05) is 0 Å². The van der Waals surface area contributed by atoms with E-state index in [-0.39, 0.29) is 5.91 Å². The molecule has 0 unspecified atom stereocenters. The van der Waals surface area contributed by atoms with E-state index in [4.69, 9.17) is 5.73 Å². The van der Waals surface area contributed by atoms with E-state index in [9.17, 15) is 14.7 Å². The molecule has 20 heavy (non-hydrogen) atoms. The highest BCUT2D eigenvalue weighted by atomic mass is 16.4. The molecule has 108 valence electrons. The average molecular weight is 276 g/mol. The Labute approximate surface area is 118 Å². The third-order valence-corrected chi connectivity index (χ3v) is 3.87. The first-order valence-electron chi connectivity index (χ1n) is 6.88. The van der Waals surface area contributed by atoms with Crippen molar-refractivity contribution in [3.63, 3.8) is 0 Å². The fourth-order valence-corrected chi connectivity index (χ4v) is 2.30. The maximum Gasteiger partial charge on any atom is 0.326 e. The van der Waals surface area contributed by atoms with Gasteiger partial charge in [-0.15, -0.1) is 0 Å². The molecule has 1 aliphatic carbocycles. The van der Waals surface area contributed by atoms with Crippen molar-refractivity contribution in [1.82, 2.24) is 5.32 Å². The Hall–Kier alpha value is -1.88. The second-order valence-corrected chi connectivity index (χ2v) is 5.40. The highest BCUT2D eigenvalue weighted by Crippen LogP contribution is 2.29. The molecule has 1 fully saturated rings. The summed E-state index contributed by atoms with van der Waals surface area (Å²) in [5, 5.41) is 11.8. The second kappa shape index (κ2) is 6.05. The summed E-state index contributed by atoms with van der Waals surface area (Å²) in [6, 6.07) is 8.73. The molecule has 1 aliphatic rings. The van der Waals surface area contributed by atoms with Crippen LogP contribution >= 0.6 is 0 Å². The molecule has 1 atom stereocenters. The van der Waals surface area contributed by atoms with Crippen LogP contribution in [0.5, 0.6) is 0 Å². The molecule has 1 amide bonds. The Morgan fingerprint density at radius 2 is 1.95 bits per heavy atom. The molecule has 1 aromatic carbocycles. The maximum absolute atomic E-state index is 12.0. The molecule has 5 heteroatoms. The number of nitrogens with one attached hydrogen (secondary N) is 1. The van der Waals surface area contributed by atoms with E-state index in [0.29, 0.717) is 25.7 Å². The van der Waals surface area contributed by atoms with Gasteiger partial charge in [-0.25, -0.2) is 4.79 Å². The summed E-state index contributed by atoms with van der Waals surface area (Å²) in [6.45, 7) is 0. The topological polar surface area (TPSA) is 92.4 Å². The zero-order valence-corrected chi connectivity index (χ0v) is 11.3. The van der Waals surface area contributed by atoms with Gasteiger partial charge in [0.2, 0.25) is 5.91 Å². The number of aliphatic carboxylic acids is 1. The van der Waals surface area contributed by atoms with E-state index in [1.165, 1.54) is 0 Å². The van der Waals surface area contributed by atoms with Crippen LogP contribution in [0.15, 0.2) is 30.3 Å². The zero-order valence-electron chi connectivity index (χ0n) is 11.3. The molecule has 5 nitrogen and oxygen atoms in total. The Kier molecular flexibility index (Phi) is 4.39. The first-order valence-corrected chi connectivity index (χ1v) is 6.88. The number of carbonyl (C=O) groups excluding carboxylic acids is 1. The van der Waals surface area contributed by atoms with Crippen LogP contribution in [-0.4, -0.2) is 28.6 Å². The monoisotopic (exact) mass is 276 g/mol. The van der Waals surface area contributed by atoms with Gasteiger partial charge in [-0.3, -0.25) is 4.79 Å². The molecule has 0 heterocycles. The average Bonchev–Trinajstić information content (AvgIpc) is 2.41. The number of amides is 1. The number of benzene rings is 1. The molecule has 0 spiro atoms. The minimum Gasteiger partial charge on any atom is -0.480 e. The number of aryl methyl sites for hydroxylation is 1. The quantitative estimate of drug-likeness (QED) is 0.724. The largest absolute Gasteiger partial charge is 0.480 e. The smallest absolute Gasteiger partial charge is 0.326 e. The zero-order chi connectivity index (χ0) is 14.6.